The van der Waals surface area contributed by atoms with Gasteiger partial charge in [-0.05, 0) is 22.6 Å². The van der Waals surface area contributed by atoms with Crippen LogP contribution in [0.5, 0.6) is 5.88 Å². The van der Waals surface area contributed by atoms with Crippen molar-refractivity contribution < 1.29 is 9.13 Å². The first-order chi connectivity index (χ1) is 5.70. The third-order valence-corrected chi connectivity index (χ3v) is 2.06. The van der Waals surface area contributed by atoms with E-state index in [-0.39, 0.29) is 11.4 Å². The fourth-order valence-electron chi connectivity index (χ4n) is 0.693. The number of rotatable bonds is 1. The number of hydrogen-bond acceptors (Lipinski definition) is 3. The van der Waals surface area contributed by atoms with E-state index in [1.165, 1.54) is 13.3 Å². The Morgan fingerprint density at radius 3 is 2.92 bits per heavy atom. The topological polar surface area (TPSA) is 45.9 Å². The molecule has 0 saturated carbocycles. The highest BCUT2D eigenvalue weighted by molar-refractivity contribution is 14.1. The van der Waals surface area contributed by atoms with Crippen LogP contribution in [0.4, 0.5) is 4.39 Å². The number of pyridine rings is 1. The summed E-state index contributed by atoms with van der Waals surface area (Å²) in [5, 5.41) is 8.54. The highest BCUT2D eigenvalue weighted by atomic mass is 127. The van der Waals surface area contributed by atoms with Crippen LogP contribution < -0.4 is 4.74 Å². The van der Waals surface area contributed by atoms with Crippen LogP contribution >= 0.6 is 22.6 Å². The first-order valence-electron chi connectivity index (χ1n) is 2.98. The molecule has 0 N–H and O–H groups in total. The van der Waals surface area contributed by atoms with E-state index in [2.05, 4.69) is 9.72 Å². The predicted molar refractivity (Wildman–Crippen MR) is 48.2 cm³/mol. The fourth-order valence-corrected chi connectivity index (χ4v) is 1.19. The first-order valence-corrected chi connectivity index (χ1v) is 4.06. The van der Waals surface area contributed by atoms with Crippen molar-refractivity contribution in [2.24, 2.45) is 0 Å². The predicted octanol–water partition coefficient (Wildman–Crippen LogP) is 1.71. The summed E-state index contributed by atoms with van der Waals surface area (Å²) in [6, 6.07) is 1.74. The molecule has 5 heteroatoms. The lowest BCUT2D eigenvalue weighted by Gasteiger charge is -2.01. The summed E-state index contributed by atoms with van der Waals surface area (Å²) in [5.41, 5.74) is -0.0255. The zero-order valence-corrected chi connectivity index (χ0v) is 8.29. The Balaban J connectivity index is 3.36. The number of methoxy groups -OCH3 is 1. The molecule has 1 aromatic heterocycles. The third kappa shape index (κ3) is 1.48. The number of ether oxygens (including phenoxy) is 1. The monoisotopic (exact) mass is 278 g/mol. The van der Waals surface area contributed by atoms with Crippen LogP contribution in [0.3, 0.4) is 0 Å². The smallest absolute Gasteiger partial charge is 0.251 e. The van der Waals surface area contributed by atoms with Crippen LogP contribution in [0.1, 0.15) is 5.56 Å². The number of nitrogens with zero attached hydrogens (tertiary/aromatic N) is 2. The fraction of sp³-hybridized carbons (Fsp3) is 0.143. The largest absolute Gasteiger partial charge is 0.479 e. The average Bonchev–Trinajstić information content (AvgIpc) is 2.06. The Hall–Kier alpha value is -0.900. The molecule has 0 saturated heterocycles. The van der Waals surface area contributed by atoms with Crippen molar-refractivity contribution in [2.45, 2.75) is 0 Å². The van der Waals surface area contributed by atoms with Crippen LogP contribution in [0.2, 0.25) is 0 Å². The van der Waals surface area contributed by atoms with Gasteiger partial charge in [-0.25, -0.2) is 4.98 Å². The van der Waals surface area contributed by atoms with Crippen molar-refractivity contribution in [1.82, 2.24) is 4.98 Å². The Labute approximate surface area is 82.3 Å². The summed E-state index contributed by atoms with van der Waals surface area (Å²) >= 11 is 1.84. The van der Waals surface area contributed by atoms with Crippen molar-refractivity contribution >= 4 is 22.6 Å². The van der Waals surface area contributed by atoms with Gasteiger partial charge in [-0.1, -0.05) is 0 Å². The van der Waals surface area contributed by atoms with Gasteiger partial charge in [0, 0.05) is 6.20 Å². The summed E-state index contributed by atoms with van der Waals surface area (Å²) < 4.78 is 18.2. The molecule has 0 aliphatic rings. The maximum absolute atomic E-state index is 13.1. The minimum absolute atomic E-state index is 0.0255. The molecule has 0 aromatic carbocycles. The standard InChI is InChI=1S/C7H4FIN2O/c1-12-7-6(8)4(2-10)5(9)3-11-7/h3H,1H3. The lowest BCUT2D eigenvalue weighted by molar-refractivity contribution is 0.368. The second-order valence-corrected chi connectivity index (χ2v) is 3.08. The van der Waals surface area contributed by atoms with Crippen LogP contribution in [0, 0.1) is 20.7 Å². The summed E-state index contributed by atoms with van der Waals surface area (Å²) in [5.74, 6) is -0.848. The highest BCUT2D eigenvalue weighted by Crippen LogP contribution is 2.20. The highest BCUT2D eigenvalue weighted by Gasteiger charge is 2.12. The minimum atomic E-state index is -0.702. The zero-order chi connectivity index (χ0) is 9.14. The van der Waals surface area contributed by atoms with Gasteiger partial charge in [0.1, 0.15) is 11.6 Å². The Morgan fingerprint density at radius 2 is 2.42 bits per heavy atom. The van der Waals surface area contributed by atoms with Crippen molar-refractivity contribution in [3.05, 3.63) is 21.1 Å². The first kappa shape index (κ1) is 9.19. The van der Waals surface area contributed by atoms with Gasteiger partial charge in [0.15, 0.2) is 0 Å². The summed E-state index contributed by atoms with van der Waals surface area (Å²) in [6.45, 7) is 0. The quantitative estimate of drug-likeness (QED) is 0.734. The molecule has 0 unspecified atom stereocenters. The second kappa shape index (κ2) is 3.67. The normalized spacial score (nSPS) is 9.17. The van der Waals surface area contributed by atoms with E-state index in [1.807, 2.05) is 22.6 Å². The average molecular weight is 278 g/mol. The summed E-state index contributed by atoms with van der Waals surface area (Å²) in [7, 11) is 1.30. The van der Waals surface area contributed by atoms with Crippen LogP contribution in [-0.2, 0) is 0 Å². The van der Waals surface area contributed by atoms with Crippen molar-refractivity contribution in [3.63, 3.8) is 0 Å². The molecule has 3 nitrogen and oxygen atoms in total. The molecular weight excluding hydrogens is 274 g/mol. The van der Waals surface area contributed by atoms with E-state index in [4.69, 9.17) is 5.26 Å². The lowest BCUT2D eigenvalue weighted by Crippen LogP contribution is -1.97. The number of halogens is 2. The third-order valence-electron chi connectivity index (χ3n) is 1.25. The van der Waals surface area contributed by atoms with E-state index in [0.717, 1.165) is 0 Å². The molecule has 0 atom stereocenters. The maximum Gasteiger partial charge on any atom is 0.251 e. The minimum Gasteiger partial charge on any atom is -0.479 e. The van der Waals surface area contributed by atoms with Crippen molar-refractivity contribution in [1.29, 1.82) is 5.26 Å². The molecule has 0 spiro atoms. The van der Waals surface area contributed by atoms with Gasteiger partial charge in [-0.3, -0.25) is 0 Å². The molecular formula is C7H4FIN2O. The van der Waals surface area contributed by atoms with E-state index in [9.17, 15) is 4.39 Å². The van der Waals surface area contributed by atoms with E-state index >= 15 is 0 Å². The van der Waals surface area contributed by atoms with Crippen molar-refractivity contribution in [2.75, 3.05) is 7.11 Å². The van der Waals surface area contributed by atoms with Crippen LogP contribution in [0.15, 0.2) is 6.20 Å². The zero-order valence-electron chi connectivity index (χ0n) is 6.14. The van der Waals surface area contributed by atoms with Gasteiger partial charge in [0.25, 0.3) is 5.88 Å². The van der Waals surface area contributed by atoms with Gasteiger partial charge < -0.3 is 4.74 Å². The van der Waals surface area contributed by atoms with E-state index in [0.29, 0.717) is 3.57 Å². The Bertz CT molecular complexity index is 348. The van der Waals surface area contributed by atoms with Gasteiger partial charge in [-0.15, -0.1) is 0 Å². The summed E-state index contributed by atoms with van der Waals surface area (Å²) in [4.78, 5) is 3.65. The molecule has 0 fully saturated rings. The molecule has 12 heavy (non-hydrogen) atoms. The number of hydrogen-bond donors (Lipinski definition) is 0. The lowest BCUT2D eigenvalue weighted by atomic mass is 10.3. The molecule has 0 aliphatic carbocycles. The van der Waals surface area contributed by atoms with Crippen LogP contribution in [-0.4, -0.2) is 12.1 Å². The van der Waals surface area contributed by atoms with Gasteiger partial charge in [0.2, 0.25) is 5.82 Å². The second-order valence-electron chi connectivity index (χ2n) is 1.92. The molecule has 1 aromatic rings. The van der Waals surface area contributed by atoms with Gasteiger partial charge in [-0.2, -0.15) is 9.65 Å². The van der Waals surface area contributed by atoms with Gasteiger partial charge >= 0.3 is 0 Å². The summed E-state index contributed by atoms with van der Waals surface area (Å²) in [6.07, 6.45) is 1.39. The maximum atomic E-state index is 13.1. The molecule has 0 amide bonds. The molecule has 1 heterocycles. The number of nitriles is 1. The molecule has 0 aliphatic heterocycles. The SMILES string of the molecule is COc1ncc(I)c(C#N)c1F. The van der Waals surface area contributed by atoms with E-state index in [1.54, 1.807) is 6.07 Å². The van der Waals surface area contributed by atoms with Crippen LogP contribution in [0.25, 0.3) is 0 Å². The number of aromatic nitrogens is 1. The van der Waals surface area contributed by atoms with Crippen molar-refractivity contribution in [3.8, 4) is 11.9 Å². The van der Waals surface area contributed by atoms with E-state index < -0.39 is 5.82 Å². The molecule has 62 valence electrons. The van der Waals surface area contributed by atoms with Gasteiger partial charge in [0.05, 0.1) is 10.7 Å². The molecule has 0 bridgehead atoms. The Morgan fingerprint density at radius 1 is 1.75 bits per heavy atom. The Kier molecular flexibility index (Phi) is 2.81. The molecule has 0 radical (unpaired) electrons. The molecule has 1 rings (SSSR count).